The summed E-state index contributed by atoms with van der Waals surface area (Å²) >= 11 is 0. The summed E-state index contributed by atoms with van der Waals surface area (Å²) in [7, 11) is 3.96. The Morgan fingerprint density at radius 2 is 0.808 bits per heavy atom. The van der Waals surface area contributed by atoms with Crippen molar-refractivity contribution in [2.24, 2.45) is 0 Å². The Morgan fingerprint density at radius 3 is 1.19 bits per heavy atom. The summed E-state index contributed by atoms with van der Waals surface area (Å²) < 4.78 is 0. The Hall–Kier alpha value is -4.26. The highest BCUT2D eigenvalue weighted by Gasteiger charge is 2.07. The second kappa shape index (κ2) is 22.6. The van der Waals surface area contributed by atoms with Gasteiger partial charge in [-0.25, -0.2) is 0 Å². The first-order valence-corrected chi connectivity index (χ1v) is 19.6. The molecule has 2 aromatic carbocycles. The van der Waals surface area contributed by atoms with Crippen LogP contribution in [0.15, 0.2) is 72.8 Å². The van der Waals surface area contributed by atoms with Crippen molar-refractivity contribution in [3.8, 4) is 11.4 Å². The van der Waals surface area contributed by atoms with Crippen molar-refractivity contribution in [1.29, 1.82) is 0 Å². The lowest BCUT2D eigenvalue weighted by molar-refractivity contribution is 0.117. The van der Waals surface area contributed by atoms with Gasteiger partial charge in [0.15, 0.2) is 0 Å². The fourth-order valence-electron chi connectivity index (χ4n) is 6.14. The largest absolute Gasteiger partial charge is 0.274 e. The SMILES string of the molecule is CCCCCCCCON(C)c1ccc(/C=C/c2cc(C)nc(-c3cc(/C=C/c4ccc(N(C)OCCCCCCCC)cc4)cc(C)n3)c2)cc1. The van der Waals surface area contributed by atoms with Crippen molar-refractivity contribution >= 4 is 35.7 Å². The molecule has 0 spiro atoms. The molecular formula is C46H62N4O2. The van der Waals surface area contributed by atoms with Gasteiger partial charge in [0, 0.05) is 25.5 Å². The minimum absolute atomic E-state index is 0.753. The van der Waals surface area contributed by atoms with Crippen LogP contribution in [0.3, 0.4) is 0 Å². The van der Waals surface area contributed by atoms with Crippen molar-refractivity contribution in [3.63, 3.8) is 0 Å². The maximum absolute atomic E-state index is 5.95. The summed E-state index contributed by atoms with van der Waals surface area (Å²) in [5.41, 5.74) is 10.2. The summed E-state index contributed by atoms with van der Waals surface area (Å²) in [6, 6.07) is 25.4. The number of hydrogen-bond acceptors (Lipinski definition) is 6. The molecule has 52 heavy (non-hydrogen) atoms. The zero-order chi connectivity index (χ0) is 37.0. The minimum Gasteiger partial charge on any atom is -0.274 e. The van der Waals surface area contributed by atoms with Gasteiger partial charge in [0.1, 0.15) is 0 Å². The van der Waals surface area contributed by atoms with Crippen molar-refractivity contribution in [3.05, 3.63) is 106 Å². The van der Waals surface area contributed by atoms with E-state index in [0.717, 1.165) is 82.5 Å². The highest BCUT2D eigenvalue weighted by molar-refractivity contribution is 5.75. The molecule has 0 radical (unpaired) electrons. The number of hydroxylamine groups is 2. The summed E-state index contributed by atoms with van der Waals surface area (Å²) in [5.74, 6) is 0. The van der Waals surface area contributed by atoms with Gasteiger partial charge in [0.25, 0.3) is 0 Å². The van der Waals surface area contributed by atoms with Crippen LogP contribution >= 0.6 is 0 Å². The van der Waals surface area contributed by atoms with Crippen LogP contribution in [-0.4, -0.2) is 37.3 Å². The molecule has 2 heterocycles. The Kier molecular flexibility index (Phi) is 17.6. The first-order valence-electron chi connectivity index (χ1n) is 19.6. The average molecular weight is 703 g/mol. The van der Waals surface area contributed by atoms with Crippen LogP contribution in [0.4, 0.5) is 11.4 Å². The summed E-state index contributed by atoms with van der Waals surface area (Å²) in [4.78, 5) is 21.6. The maximum Gasteiger partial charge on any atom is 0.0895 e. The molecule has 278 valence electrons. The van der Waals surface area contributed by atoms with Crippen molar-refractivity contribution in [1.82, 2.24) is 9.97 Å². The Morgan fingerprint density at radius 1 is 0.462 bits per heavy atom. The standard InChI is InChI=1S/C46H62N4O2/c1-7-9-11-13-15-17-31-51-49(5)43-27-23-39(24-28-43)19-21-41-33-37(3)47-45(35-41)46-36-42(34-38(4)48-46)22-20-40-25-29-44(30-26-40)50(6)52-32-18-16-14-12-10-8-2/h19-30,33-36H,7-18,31-32H2,1-6H3/b21-19+,22-20+. The van der Waals surface area contributed by atoms with E-state index in [9.17, 15) is 0 Å². The lowest BCUT2D eigenvalue weighted by Crippen LogP contribution is -2.18. The number of hydrogen-bond donors (Lipinski definition) is 0. The predicted molar refractivity (Wildman–Crippen MR) is 223 cm³/mol. The van der Waals surface area contributed by atoms with Gasteiger partial charge in [0.05, 0.1) is 36.0 Å². The molecule has 0 fully saturated rings. The van der Waals surface area contributed by atoms with Crippen molar-refractivity contribution in [2.75, 3.05) is 37.4 Å². The zero-order valence-electron chi connectivity index (χ0n) is 32.7. The molecule has 0 bridgehead atoms. The number of anilines is 2. The van der Waals surface area contributed by atoms with E-state index in [1.54, 1.807) is 0 Å². The van der Waals surface area contributed by atoms with Crippen molar-refractivity contribution < 1.29 is 9.68 Å². The molecule has 6 nitrogen and oxygen atoms in total. The van der Waals surface area contributed by atoms with Crippen molar-refractivity contribution in [2.45, 2.75) is 105 Å². The van der Waals surface area contributed by atoms with Crippen LogP contribution < -0.4 is 10.1 Å². The third-order valence-electron chi connectivity index (χ3n) is 9.23. The Bertz CT molecular complexity index is 1540. The molecule has 0 aliphatic heterocycles. The molecule has 0 atom stereocenters. The van der Waals surface area contributed by atoms with Gasteiger partial charge in [-0.15, -0.1) is 0 Å². The van der Waals surface area contributed by atoms with Gasteiger partial charge >= 0.3 is 0 Å². The second-order valence-electron chi connectivity index (χ2n) is 13.9. The first-order chi connectivity index (χ1) is 25.3. The molecule has 4 rings (SSSR count). The smallest absolute Gasteiger partial charge is 0.0895 e. The molecule has 0 amide bonds. The topological polar surface area (TPSA) is 50.7 Å². The lowest BCUT2D eigenvalue weighted by atomic mass is 10.1. The molecule has 0 aliphatic carbocycles. The number of aryl methyl sites for hydroxylation is 2. The number of nitrogens with zero attached hydrogens (tertiary/aromatic N) is 4. The molecular weight excluding hydrogens is 641 g/mol. The molecule has 2 aromatic heterocycles. The van der Waals surface area contributed by atoms with Crippen LogP contribution in [0, 0.1) is 13.8 Å². The van der Waals surface area contributed by atoms with E-state index >= 15 is 0 Å². The van der Waals surface area contributed by atoms with Gasteiger partial charge in [-0.05, 0) is 97.5 Å². The molecule has 0 saturated heterocycles. The van der Waals surface area contributed by atoms with E-state index in [1.165, 1.54) is 64.2 Å². The lowest BCUT2D eigenvalue weighted by Gasteiger charge is -2.19. The van der Waals surface area contributed by atoms with E-state index in [2.05, 4.69) is 111 Å². The van der Waals surface area contributed by atoms with E-state index in [0.29, 0.717) is 0 Å². The second-order valence-corrected chi connectivity index (χ2v) is 13.9. The molecule has 0 aliphatic rings. The third kappa shape index (κ3) is 14.4. The molecule has 4 aromatic rings. The van der Waals surface area contributed by atoms with E-state index in [4.69, 9.17) is 19.6 Å². The highest BCUT2D eigenvalue weighted by Crippen LogP contribution is 2.23. The fraction of sp³-hybridized carbons (Fsp3) is 0.435. The first kappa shape index (κ1) is 40.5. The highest BCUT2D eigenvalue weighted by atomic mass is 16.7. The van der Waals surface area contributed by atoms with Crippen LogP contribution in [-0.2, 0) is 9.68 Å². The zero-order valence-corrected chi connectivity index (χ0v) is 32.7. The third-order valence-corrected chi connectivity index (χ3v) is 9.23. The number of rotatable bonds is 23. The summed E-state index contributed by atoms with van der Waals surface area (Å²) in [5, 5.41) is 3.75. The number of unbranched alkanes of at least 4 members (excludes halogenated alkanes) is 10. The van der Waals surface area contributed by atoms with Crippen LogP contribution in [0.25, 0.3) is 35.7 Å². The van der Waals surface area contributed by atoms with Crippen LogP contribution in [0.5, 0.6) is 0 Å². The molecule has 0 saturated carbocycles. The predicted octanol–water partition coefficient (Wildman–Crippen LogP) is 12.6. The van der Waals surface area contributed by atoms with E-state index in [1.807, 2.05) is 38.1 Å². The monoisotopic (exact) mass is 702 g/mol. The molecule has 6 heteroatoms. The Labute approximate surface area is 314 Å². The fourth-order valence-corrected chi connectivity index (χ4v) is 6.14. The van der Waals surface area contributed by atoms with Gasteiger partial charge in [-0.3, -0.25) is 29.8 Å². The number of pyridine rings is 2. The van der Waals surface area contributed by atoms with E-state index in [-0.39, 0.29) is 0 Å². The quantitative estimate of drug-likeness (QED) is 0.0566. The normalized spacial score (nSPS) is 11.6. The number of benzene rings is 2. The van der Waals surface area contributed by atoms with Gasteiger partial charge in [0.2, 0.25) is 0 Å². The Balaban J connectivity index is 1.32. The van der Waals surface area contributed by atoms with Crippen LogP contribution in [0.2, 0.25) is 0 Å². The maximum atomic E-state index is 5.95. The molecule has 0 unspecified atom stereocenters. The summed E-state index contributed by atoms with van der Waals surface area (Å²) in [6.45, 7) is 10.1. The van der Waals surface area contributed by atoms with E-state index < -0.39 is 0 Å². The van der Waals surface area contributed by atoms with Gasteiger partial charge in [-0.1, -0.05) is 127 Å². The van der Waals surface area contributed by atoms with Crippen LogP contribution in [0.1, 0.15) is 125 Å². The van der Waals surface area contributed by atoms with Gasteiger partial charge < -0.3 is 0 Å². The molecule has 0 N–H and O–H groups in total. The number of aromatic nitrogens is 2. The minimum atomic E-state index is 0.753. The summed E-state index contributed by atoms with van der Waals surface area (Å²) in [6.07, 6.45) is 23.7. The average Bonchev–Trinajstić information content (AvgIpc) is 3.15. The van der Waals surface area contributed by atoms with Gasteiger partial charge in [-0.2, -0.15) is 0 Å².